The topological polar surface area (TPSA) is 84.6 Å². The molecule has 1 saturated carbocycles. The average molecular weight is 275 g/mol. The van der Waals surface area contributed by atoms with E-state index in [-0.39, 0.29) is 11.3 Å². The second-order valence-electron chi connectivity index (χ2n) is 5.09. The Balaban J connectivity index is 2.09. The lowest BCUT2D eigenvalue weighted by Crippen LogP contribution is -2.23. The predicted molar refractivity (Wildman–Crippen MR) is 75.6 cm³/mol. The molecule has 0 bridgehead atoms. The summed E-state index contributed by atoms with van der Waals surface area (Å²) in [6.07, 6.45) is 4.00. The molecule has 1 amide bonds. The van der Waals surface area contributed by atoms with Crippen LogP contribution in [0.2, 0.25) is 0 Å². The molecule has 0 aliphatic heterocycles. The molecule has 1 aliphatic rings. The first kappa shape index (κ1) is 14.2. The number of amides is 1. The lowest BCUT2D eigenvalue weighted by molar-refractivity contribution is -0.385. The highest BCUT2D eigenvalue weighted by atomic mass is 16.6. The maximum Gasteiger partial charge on any atom is 0.282 e. The van der Waals surface area contributed by atoms with Crippen LogP contribution in [0, 0.1) is 16.0 Å². The minimum Gasteiger partial charge on any atom is -0.267 e. The number of para-hydroxylation sites is 1. The first-order valence-corrected chi connectivity index (χ1v) is 6.67. The maximum absolute atomic E-state index is 12.0. The van der Waals surface area contributed by atoms with Crippen LogP contribution in [0.3, 0.4) is 0 Å². The summed E-state index contributed by atoms with van der Waals surface area (Å²) in [5.74, 6) is 0.0356. The second kappa shape index (κ2) is 6.27. The molecule has 20 heavy (non-hydrogen) atoms. The summed E-state index contributed by atoms with van der Waals surface area (Å²) in [5.41, 5.74) is 3.21. The smallest absolute Gasteiger partial charge is 0.267 e. The number of nitro groups is 1. The molecule has 2 rings (SSSR count). The second-order valence-corrected chi connectivity index (χ2v) is 5.09. The summed E-state index contributed by atoms with van der Waals surface area (Å²) >= 11 is 0. The van der Waals surface area contributed by atoms with Gasteiger partial charge in [-0.1, -0.05) is 19.1 Å². The number of nitrogens with one attached hydrogen (secondary N) is 1. The predicted octanol–water partition coefficient (Wildman–Crippen LogP) is 2.89. The van der Waals surface area contributed by atoms with Crippen molar-refractivity contribution in [2.75, 3.05) is 0 Å². The Morgan fingerprint density at radius 3 is 2.90 bits per heavy atom. The Hall–Kier alpha value is -2.24. The molecule has 1 aromatic carbocycles. The van der Waals surface area contributed by atoms with Gasteiger partial charge < -0.3 is 0 Å². The highest BCUT2D eigenvalue weighted by molar-refractivity contribution is 5.99. The number of carbonyl (C=O) groups is 1. The van der Waals surface area contributed by atoms with Gasteiger partial charge in [-0.25, -0.2) is 5.43 Å². The van der Waals surface area contributed by atoms with Crippen molar-refractivity contribution in [3.8, 4) is 0 Å². The summed E-state index contributed by atoms with van der Waals surface area (Å²) in [7, 11) is 0. The monoisotopic (exact) mass is 275 g/mol. The van der Waals surface area contributed by atoms with Crippen LogP contribution in [0.4, 0.5) is 5.69 Å². The highest BCUT2D eigenvalue weighted by Crippen LogP contribution is 2.21. The molecule has 0 unspecified atom stereocenters. The van der Waals surface area contributed by atoms with Gasteiger partial charge in [0.15, 0.2) is 0 Å². The van der Waals surface area contributed by atoms with Gasteiger partial charge in [0.1, 0.15) is 5.56 Å². The van der Waals surface area contributed by atoms with Gasteiger partial charge in [-0.2, -0.15) is 5.10 Å². The minimum absolute atomic E-state index is 0.0331. The number of benzene rings is 1. The van der Waals surface area contributed by atoms with Crippen LogP contribution in [-0.4, -0.2) is 16.5 Å². The fourth-order valence-corrected chi connectivity index (χ4v) is 2.38. The molecular weight excluding hydrogens is 258 g/mol. The Kier molecular flexibility index (Phi) is 4.45. The van der Waals surface area contributed by atoms with Crippen molar-refractivity contribution in [3.05, 3.63) is 39.9 Å². The van der Waals surface area contributed by atoms with E-state index in [4.69, 9.17) is 0 Å². The number of nitro benzene ring substituents is 1. The molecule has 1 atom stereocenters. The van der Waals surface area contributed by atoms with Crippen molar-refractivity contribution in [2.24, 2.45) is 11.0 Å². The van der Waals surface area contributed by atoms with Gasteiger partial charge >= 0.3 is 0 Å². The average Bonchev–Trinajstić information content (AvgIpc) is 2.45. The van der Waals surface area contributed by atoms with Crippen molar-refractivity contribution in [1.29, 1.82) is 0 Å². The van der Waals surface area contributed by atoms with Crippen LogP contribution in [-0.2, 0) is 0 Å². The molecule has 0 radical (unpaired) electrons. The van der Waals surface area contributed by atoms with E-state index < -0.39 is 10.8 Å². The fraction of sp³-hybridized carbons (Fsp3) is 0.429. The van der Waals surface area contributed by atoms with Gasteiger partial charge in [0.05, 0.1) is 4.92 Å². The molecule has 6 nitrogen and oxygen atoms in total. The third kappa shape index (κ3) is 3.40. The lowest BCUT2D eigenvalue weighted by atomic mass is 9.89. The Morgan fingerprint density at radius 2 is 2.20 bits per heavy atom. The molecule has 0 spiro atoms. The van der Waals surface area contributed by atoms with Gasteiger partial charge in [0, 0.05) is 11.8 Å². The summed E-state index contributed by atoms with van der Waals surface area (Å²) in [6.45, 7) is 2.15. The molecule has 1 N–H and O–H groups in total. The summed E-state index contributed by atoms with van der Waals surface area (Å²) in [6, 6.07) is 5.86. The molecule has 6 heteroatoms. The van der Waals surface area contributed by atoms with Crippen LogP contribution < -0.4 is 5.43 Å². The molecule has 106 valence electrons. The maximum atomic E-state index is 12.0. The molecule has 0 heterocycles. The van der Waals surface area contributed by atoms with Gasteiger partial charge in [0.25, 0.3) is 11.6 Å². The van der Waals surface area contributed by atoms with Gasteiger partial charge in [-0.15, -0.1) is 0 Å². The molecule has 1 aliphatic carbocycles. The third-order valence-corrected chi connectivity index (χ3v) is 3.41. The summed E-state index contributed by atoms with van der Waals surface area (Å²) in [5, 5.41) is 15.0. The SMILES string of the molecule is C[C@H]1CCCC(=NNC(=O)c2ccccc2[N+](=O)[O-])C1. The zero-order chi connectivity index (χ0) is 14.5. The number of hydrogen-bond donors (Lipinski definition) is 1. The van der Waals surface area contributed by atoms with Crippen LogP contribution in [0.15, 0.2) is 29.4 Å². The number of hydrogen-bond acceptors (Lipinski definition) is 4. The largest absolute Gasteiger partial charge is 0.282 e. The zero-order valence-electron chi connectivity index (χ0n) is 11.3. The normalized spacial score (nSPS) is 20.6. The third-order valence-electron chi connectivity index (χ3n) is 3.41. The van der Waals surface area contributed by atoms with Crippen molar-refractivity contribution < 1.29 is 9.72 Å². The minimum atomic E-state index is -0.565. The van der Waals surface area contributed by atoms with E-state index in [0.29, 0.717) is 5.92 Å². The van der Waals surface area contributed by atoms with Crippen molar-refractivity contribution in [3.63, 3.8) is 0 Å². The number of nitrogens with zero attached hydrogens (tertiary/aromatic N) is 2. The van der Waals surface area contributed by atoms with E-state index in [1.165, 1.54) is 24.6 Å². The van der Waals surface area contributed by atoms with Gasteiger partial charge in [-0.3, -0.25) is 14.9 Å². The van der Waals surface area contributed by atoms with E-state index in [9.17, 15) is 14.9 Å². The molecular formula is C14H17N3O3. The summed E-state index contributed by atoms with van der Waals surface area (Å²) < 4.78 is 0. The fourth-order valence-electron chi connectivity index (χ4n) is 2.38. The Labute approximate surface area is 117 Å². The quantitative estimate of drug-likeness (QED) is 0.680. The Morgan fingerprint density at radius 1 is 1.45 bits per heavy atom. The van der Waals surface area contributed by atoms with E-state index in [1.54, 1.807) is 6.07 Å². The van der Waals surface area contributed by atoms with Crippen molar-refractivity contribution in [2.45, 2.75) is 32.6 Å². The number of hydrazone groups is 1. The molecule has 0 saturated heterocycles. The first-order chi connectivity index (χ1) is 9.58. The van der Waals surface area contributed by atoms with E-state index in [0.717, 1.165) is 25.0 Å². The van der Waals surface area contributed by atoms with E-state index >= 15 is 0 Å². The molecule has 0 aromatic heterocycles. The van der Waals surface area contributed by atoms with Crippen LogP contribution >= 0.6 is 0 Å². The Bertz CT molecular complexity index is 554. The standard InChI is InChI=1S/C14H17N3O3/c1-10-5-4-6-11(9-10)15-16-14(18)12-7-2-3-8-13(12)17(19)20/h2-3,7-8,10H,4-6,9H2,1H3,(H,16,18)/t10-/m0/s1. The van der Waals surface area contributed by atoms with E-state index in [2.05, 4.69) is 17.5 Å². The first-order valence-electron chi connectivity index (χ1n) is 6.67. The van der Waals surface area contributed by atoms with Gasteiger partial charge in [-0.05, 0) is 37.7 Å². The summed E-state index contributed by atoms with van der Waals surface area (Å²) in [4.78, 5) is 22.3. The zero-order valence-corrected chi connectivity index (χ0v) is 11.3. The highest BCUT2D eigenvalue weighted by Gasteiger charge is 2.19. The van der Waals surface area contributed by atoms with Crippen LogP contribution in [0.25, 0.3) is 0 Å². The molecule has 1 aromatic rings. The number of rotatable bonds is 3. The van der Waals surface area contributed by atoms with Crippen LogP contribution in [0.1, 0.15) is 43.0 Å². The van der Waals surface area contributed by atoms with E-state index in [1.807, 2.05) is 0 Å². The van der Waals surface area contributed by atoms with Crippen LogP contribution in [0.5, 0.6) is 0 Å². The van der Waals surface area contributed by atoms with Crippen molar-refractivity contribution >= 4 is 17.3 Å². The number of carbonyl (C=O) groups excluding carboxylic acids is 1. The lowest BCUT2D eigenvalue weighted by Gasteiger charge is -2.18. The van der Waals surface area contributed by atoms with Gasteiger partial charge in [0.2, 0.25) is 0 Å². The van der Waals surface area contributed by atoms with Crippen molar-refractivity contribution in [1.82, 2.24) is 5.43 Å². The molecule has 1 fully saturated rings.